The van der Waals surface area contributed by atoms with Gasteiger partial charge in [0.25, 0.3) is 10.0 Å². The predicted octanol–water partition coefficient (Wildman–Crippen LogP) is 2.39. The molecule has 1 aromatic heterocycles. The highest BCUT2D eigenvalue weighted by Gasteiger charge is 2.57. The Bertz CT molecular complexity index is 656. The maximum Gasteiger partial charge on any atom is 0.311 e. The predicted molar refractivity (Wildman–Crippen MR) is 78.2 cm³/mol. The number of rotatable bonds is 3. The third-order valence-electron chi connectivity index (χ3n) is 4.41. The smallest absolute Gasteiger partial charge is 0.311 e. The molecule has 1 saturated heterocycles. The van der Waals surface area contributed by atoms with E-state index in [1.165, 1.54) is 4.31 Å². The molecule has 20 heavy (non-hydrogen) atoms. The summed E-state index contributed by atoms with van der Waals surface area (Å²) in [6.07, 6.45) is 2.25. The van der Waals surface area contributed by atoms with E-state index in [1.807, 2.05) is 0 Å². The fraction of sp³-hybridized carbons (Fsp3) is 0.583. The molecular formula is C12H14BrNO4S2. The molecule has 1 aliphatic heterocycles. The molecule has 2 fully saturated rings. The molecule has 1 N–H and O–H groups in total. The molecule has 2 heterocycles. The molecule has 5 nitrogen and oxygen atoms in total. The maximum absolute atomic E-state index is 12.6. The van der Waals surface area contributed by atoms with Crippen LogP contribution in [0.4, 0.5) is 0 Å². The van der Waals surface area contributed by atoms with Crippen molar-refractivity contribution in [1.29, 1.82) is 0 Å². The third-order valence-corrected chi connectivity index (χ3v) is 8.31. The van der Waals surface area contributed by atoms with Gasteiger partial charge >= 0.3 is 5.97 Å². The lowest BCUT2D eigenvalue weighted by molar-refractivity contribution is -0.149. The Hall–Kier alpha value is -0.440. The Kier molecular flexibility index (Phi) is 3.47. The van der Waals surface area contributed by atoms with Crippen LogP contribution in [0.25, 0.3) is 0 Å². The molecule has 0 bridgehead atoms. The standard InChI is InChI=1S/C12H14BrNO4S2/c13-9-3-4-10(19-9)20(17,18)14-6-8-2-1-5-12(8,7-14)11(15)16/h3-4,8H,1-2,5-7H2,(H,15,16)/t8-,12+/m0/s1. The average Bonchev–Trinajstić information content (AvgIpc) is 3.00. The molecule has 2 atom stereocenters. The van der Waals surface area contributed by atoms with Crippen LogP contribution in [0.1, 0.15) is 19.3 Å². The third kappa shape index (κ3) is 2.04. The van der Waals surface area contributed by atoms with Gasteiger partial charge in [-0.2, -0.15) is 4.31 Å². The van der Waals surface area contributed by atoms with Gasteiger partial charge in [-0.05, 0) is 46.8 Å². The highest BCUT2D eigenvalue weighted by atomic mass is 79.9. The highest BCUT2D eigenvalue weighted by Crippen LogP contribution is 2.50. The summed E-state index contributed by atoms with van der Waals surface area (Å²) < 4.78 is 27.5. The zero-order valence-corrected chi connectivity index (χ0v) is 13.8. The van der Waals surface area contributed by atoms with Crippen LogP contribution < -0.4 is 0 Å². The molecule has 0 spiro atoms. The summed E-state index contributed by atoms with van der Waals surface area (Å²) in [4.78, 5) is 11.6. The summed E-state index contributed by atoms with van der Waals surface area (Å²) >= 11 is 4.41. The Morgan fingerprint density at radius 2 is 2.25 bits per heavy atom. The first-order valence-corrected chi connectivity index (χ1v) is 9.40. The number of hydrogen-bond donors (Lipinski definition) is 1. The first-order chi connectivity index (χ1) is 9.36. The largest absolute Gasteiger partial charge is 0.481 e. The Morgan fingerprint density at radius 3 is 2.80 bits per heavy atom. The quantitative estimate of drug-likeness (QED) is 0.874. The summed E-state index contributed by atoms with van der Waals surface area (Å²) in [5, 5.41) is 9.51. The number of thiophene rings is 1. The van der Waals surface area contributed by atoms with Crippen LogP contribution in [0.3, 0.4) is 0 Å². The number of carbonyl (C=O) groups is 1. The number of hydrogen-bond acceptors (Lipinski definition) is 4. The molecule has 0 aromatic carbocycles. The SMILES string of the molecule is O=C(O)[C@@]12CCC[C@H]1CN(S(=O)(=O)c1ccc(Br)s1)C2. The number of aliphatic carboxylic acids is 1. The molecule has 1 aliphatic carbocycles. The zero-order valence-electron chi connectivity index (χ0n) is 10.6. The van der Waals surface area contributed by atoms with Crippen molar-refractivity contribution in [2.45, 2.75) is 23.5 Å². The van der Waals surface area contributed by atoms with Crippen molar-refractivity contribution in [3.8, 4) is 0 Å². The minimum atomic E-state index is -3.57. The number of carboxylic acid groups (broad SMARTS) is 1. The topological polar surface area (TPSA) is 74.7 Å². The van der Waals surface area contributed by atoms with E-state index in [2.05, 4.69) is 15.9 Å². The first kappa shape index (κ1) is 14.5. The van der Waals surface area contributed by atoms with Gasteiger partial charge in [0.1, 0.15) is 4.21 Å². The van der Waals surface area contributed by atoms with Gasteiger partial charge in [-0.15, -0.1) is 11.3 Å². The summed E-state index contributed by atoms with van der Waals surface area (Å²) in [6.45, 7) is 0.426. The van der Waals surface area contributed by atoms with E-state index in [9.17, 15) is 18.3 Å². The molecule has 110 valence electrons. The summed E-state index contributed by atoms with van der Waals surface area (Å²) in [5.41, 5.74) is -0.873. The van der Waals surface area contributed by atoms with E-state index in [1.54, 1.807) is 12.1 Å². The zero-order chi connectivity index (χ0) is 14.5. The number of carboxylic acids is 1. The minimum Gasteiger partial charge on any atom is -0.481 e. The minimum absolute atomic E-state index is 0.0572. The monoisotopic (exact) mass is 379 g/mol. The highest BCUT2D eigenvalue weighted by molar-refractivity contribution is 9.11. The van der Waals surface area contributed by atoms with Crippen molar-refractivity contribution >= 4 is 43.3 Å². The van der Waals surface area contributed by atoms with Gasteiger partial charge in [0, 0.05) is 13.1 Å². The molecule has 2 aliphatic rings. The van der Waals surface area contributed by atoms with E-state index in [-0.39, 0.29) is 16.7 Å². The van der Waals surface area contributed by atoms with Crippen molar-refractivity contribution in [2.24, 2.45) is 11.3 Å². The van der Waals surface area contributed by atoms with Crippen LogP contribution in [0.15, 0.2) is 20.1 Å². The molecule has 1 aromatic rings. The molecule has 3 rings (SSSR count). The lowest BCUT2D eigenvalue weighted by Crippen LogP contribution is -2.37. The maximum atomic E-state index is 12.6. The number of halogens is 1. The van der Waals surface area contributed by atoms with Crippen LogP contribution in [0.5, 0.6) is 0 Å². The fourth-order valence-electron chi connectivity index (χ4n) is 3.34. The van der Waals surface area contributed by atoms with Crippen molar-refractivity contribution < 1.29 is 18.3 Å². The van der Waals surface area contributed by atoms with E-state index in [0.717, 1.165) is 28.0 Å². The van der Waals surface area contributed by atoms with E-state index in [4.69, 9.17) is 0 Å². The Morgan fingerprint density at radius 1 is 1.50 bits per heavy atom. The molecule has 8 heteroatoms. The van der Waals surface area contributed by atoms with Crippen molar-refractivity contribution in [1.82, 2.24) is 4.31 Å². The van der Waals surface area contributed by atoms with Crippen LogP contribution in [-0.2, 0) is 14.8 Å². The van der Waals surface area contributed by atoms with Gasteiger partial charge in [0.15, 0.2) is 0 Å². The van der Waals surface area contributed by atoms with Crippen LogP contribution in [0.2, 0.25) is 0 Å². The molecular weight excluding hydrogens is 366 g/mol. The second-order valence-corrected chi connectivity index (χ2v) is 10.0. The van der Waals surface area contributed by atoms with Crippen LogP contribution in [-0.4, -0.2) is 36.9 Å². The molecule has 1 saturated carbocycles. The van der Waals surface area contributed by atoms with Gasteiger partial charge < -0.3 is 5.11 Å². The van der Waals surface area contributed by atoms with Crippen LogP contribution in [0, 0.1) is 11.3 Å². The van der Waals surface area contributed by atoms with Crippen molar-refractivity contribution in [3.05, 3.63) is 15.9 Å². The van der Waals surface area contributed by atoms with Crippen LogP contribution >= 0.6 is 27.3 Å². The molecule has 0 unspecified atom stereocenters. The molecule has 0 radical (unpaired) electrons. The Balaban J connectivity index is 1.92. The van der Waals surface area contributed by atoms with E-state index in [0.29, 0.717) is 13.0 Å². The van der Waals surface area contributed by atoms with Gasteiger partial charge in [0.2, 0.25) is 0 Å². The average molecular weight is 380 g/mol. The number of sulfonamides is 1. The lowest BCUT2D eigenvalue weighted by atomic mass is 9.81. The summed E-state index contributed by atoms with van der Waals surface area (Å²) in [7, 11) is -3.57. The summed E-state index contributed by atoms with van der Waals surface area (Å²) in [5.74, 6) is -0.914. The Labute approximate surface area is 129 Å². The van der Waals surface area contributed by atoms with Gasteiger partial charge in [-0.25, -0.2) is 8.42 Å². The van der Waals surface area contributed by atoms with Gasteiger partial charge in [-0.1, -0.05) is 6.42 Å². The first-order valence-electron chi connectivity index (χ1n) is 6.35. The summed E-state index contributed by atoms with van der Waals surface area (Å²) in [6, 6.07) is 3.26. The second-order valence-electron chi connectivity index (χ2n) is 5.41. The normalized spacial score (nSPS) is 30.6. The van der Waals surface area contributed by atoms with Gasteiger partial charge in [-0.3, -0.25) is 4.79 Å². The second kappa shape index (κ2) is 4.79. The van der Waals surface area contributed by atoms with Crippen molar-refractivity contribution in [3.63, 3.8) is 0 Å². The van der Waals surface area contributed by atoms with Crippen molar-refractivity contribution in [2.75, 3.05) is 13.1 Å². The number of nitrogens with zero attached hydrogens (tertiary/aromatic N) is 1. The number of fused-ring (bicyclic) bond motifs is 1. The lowest BCUT2D eigenvalue weighted by Gasteiger charge is -2.23. The molecule has 0 amide bonds. The van der Waals surface area contributed by atoms with E-state index < -0.39 is 21.4 Å². The fourth-order valence-corrected chi connectivity index (χ4v) is 7.06. The van der Waals surface area contributed by atoms with Gasteiger partial charge in [0.05, 0.1) is 9.20 Å². The van der Waals surface area contributed by atoms with E-state index >= 15 is 0 Å².